The molecule has 1 saturated carbocycles. The van der Waals surface area contributed by atoms with Gasteiger partial charge in [-0.2, -0.15) is 0 Å². The molecule has 4 heteroatoms. The summed E-state index contributed by atoms with van der Waals surface area (Å²) in [6, 6.07) is 0. The minimum absolute atomic E-state index is 0. The molecule has 0 aromatic rings. The molecule has 1 aliphatic heterocycles. The second kappa shape index (κ2) is 7.34. The first-order valence-corrected chi connectivity index (χ1v) is 8.22. The number of quaternary nitrogens is 2. The summed E-state index contributed by atoms with van der Waals surface area (Å²) in [5.41, 5.74) is 3.82. The van der Waals surface area contributed by atoms with Crippen LogP contribution in [0.5, 0.6) is 0 Å². The summed E-state index contributed by atoms with van der Waals surface area (Å²) < 4.78 is 2.43. The third kappa shape index (κ3) is 4.57. The molecule has 0 radical (unpaired) electrons. The van der Waals surface area contributed by atoms with Crippen LogP contribution < -0.4 is 48.0 Å². The molecule has 3 aliphatic carbocycles. The number of nitrogens with zero attached hydrogens (tertiary/aromatic N) is 2. The largest absolute Gasteiger partial charge is 1.00 e. The molecule has 2 nitrogen and oxygen atoms in total. The maximum Gasteiger partial charge on any atom is 0.101 e. The SMILES string of the molecule is C[N+](C)(C)CCC[N+]1(C)CC2=C(C1)C1CCC2CC1.[I-].[I-]. The summed E-state index contributed by atoms with van der Waals surface area (Å²) in [4.78, 5) is 0. The van der Waals surface area contributed by atoms with Crippen LogP contribution >= 0.6 is 0 Å². The molecule has 0 unspecified atom stereocenters. The number of hydrogen-bond acceptors (Lipinski definition) is 0. The van der Waals surface area contributed by atoms with Gasteiger partial charge >= 0.3 is 0 Å². The molecule has 0 amide bonds. The normalized spacial score (nSPS) is 34.3. The van der Waals surface area contributed by atoms with Crippen molar-refractivity contribution >= 4 is 0 Å². The first-order valence-electron chi connectivity index (χ1n) is 8.22. The molecule has 0 spiro atoms. The maximum absolute atomic E-state index is 2.51. The maximum atomic E-state index is 2.51. The first-order chi connectivity index (χ1) is 8.86. The van der Waals surface area contributed by atoms with Crippen molar-refractivity contribution in [2.24, 2.45) is 11.8 Å². The lowest BCUT2D eigenvalue weighted by Crippen LogP contribution is -3.00. The summed E-state index contributed by atoms with van der Waals surface area (Å²) in [6.07, 6.45) is 7.38. The Morgan fingerprint density at radius 2 is 1.33 bits per heavy atom. The Bertz CT molecular complexity index is 366. The molecular formula is C17H32I2N2. The van der Waals surface area contributed by atoms with E-state index in [1.807, 2.05) is 11.1 Å². The highest BCUT2D eigenvalue weighted by Crippen LogP contribution is 2.49. The highest BCUT2D eigenvalue weighted by Gasteiger charge is 2.45. The monoisotopic (exact) mass is 518 g/mol. The van der Waals surface area contributed by atoms with E-state index in [4.69, 9.17) is 0 Å². The van der Waals surface area contributed by atoms with Crippen LogP contribution in [0.15, 0.2) is 11.1 Å². The van der Waals surface area contributed by atoms with E-state index in [-0.39, 0.29) is 48.0 Å². The molecule has 0 aromatic carbocycles. The van der Waals surface area contributed by atoms with Crippen LogP contribution in [0.25, 0.3) is 0 Å². The van der Waals surface area contributed by atoms with Gasteiger partial charge in [0.15, 0.2) is 0 Å². The first kappa shape index (κ1) is 20.2. The van der Waals surface area contributed by atoms with E-state index in [9.17, 15) is 0 Å². The van der Waals surface area contributed by atoms with Crippen molar-refractivity contribution in [3.8, 4) is 0 Å². The average molecular weight is 518 g/mol. The second-order valence-corrected chi connectivity index (χ2v) is 8.63. The zero-order valence-electron chi connectivity index (χ0n) is 14.2. The van der Waals surface area contributed by atoms with Gasteiger partial charge in [-0.05, 0) is 48.7 Å². The van der Waals surface area contributed by atoms with Crippen molar-refractivity contribution in [2.75, 3.05) is 54.4 Å². The molecule has 2 bridgehead atoms. The van der Waals surface area contributed by atoms with Crippen LogP contribution in [0, 0.1) is 11.8 Å². The van der Waals surface area contributed by atoms with E-state index < -0.39 is 0 Å². The lowest BCUT2D eigenvalue weighted by atomic mass is 9.68. The molecule has 21 heavy (non-hydrogen) atoms. The predicted octanol–water partition coefficient (Wildman–Crippen LogP) is -3.33. The quantitative estimate of drug-likeness (QED) is 0.208. The number of fused-ring (bicyclic) bond motifs is 2. The Balaban J connectivity index is 0.00000110. The van der Waals surface area contributed by atoms with Gasteiger partial charge in [0.05, 0.1) is 41.3 Å². The van der Waals surface area contributed by atoms with Gasteiger partial charge in [-0.25, -0.2) is 0 Å². The fourth-order valence-electron chi connectivity index (χ4n) is 4.74. The number of likely N-dealkylation sites (N-methyl/N-ethyl adjacent to an activating group) is 1. The van der Waals surface area contributed by atoms with Gasteiger partial charge in [-0.1, -0.05) is 0 Å². The topological polar surface area (TPSA) is 0 Å². The molecular weight excluding hydrogens is 486 g/mol. The highest BCUT2D eigenvalue weighted by molar-refractivity contribution is 5.29. The van der Waals surface area contributed by atoms with E-state index in [1.54, 1.807) is 0 Å². The predicted molar refractivity (Wildman–Crippen MR) is 80.8 cm³/mol. The van der Waals surface area contributed by atoms with Crippen LogP contribution in [0.4, 0.5) is 0 Å². The Morgan fingerprint density at radius 3 is 1.71 bits per heavy atom. The lowest BCUT2D eigenvalue weighted by Gasteiger charge is -2.35. The van der Waals surface area contributed by atoms with Crippen molar-refractivity contribution in [1.82, 2.24) is 0 Å². The lowest BCUT2D eigenvalue weighted by molar-refractivity contribution is -0.905. The summed E-state index contributed by atoms with van der Waals surface area (Å²) in [5, 5.41) is 0. The molecule has 0 N–H and O–H groups in total. The van der Waals surface area contributed by atoms with Crippen LogP contribution in [-0.2, 0) is 0 Å². The molecule has 124 valence electrons. The number of hydrogen-bond donors (Lipinski definition) is 0. The average Bonchev–Trinajstić information content (AvgIpc) is 2.68. The molecule has 1 heterocycles. The highest BCUT2D eigenvalue weighted by atomic mass is 127. The summed E-state index contributed by atoms with van der Waals surface area (Å²) in [6.45, 7) is 5.45. The van der Waals surface area contributed by atoms with Gasteiger partial charge in [0, 0.05) is 6.42 Å². The summed E-state index contributed by atoms with van der Waals surface area (Å²) in [5.74, 6) is 1.97. The zero-order valence-corrected chi connectivity index (χ0v) is 18.5. The number of rotatable bonds is 4. The minimum Gasteiger partial charge on any atom is -1.00 e. The fourth-order valence-corrected chi connectivity index (χ4v) is 4.74. The smallest absolute Gasteiger partial charge is 0.101 e. The van der Waals surface area contributed by atoms with Gasteiger partial charge in [-0.15, -0.1) is 0 Å². The third-order valence-electron chi connectivity index (χ3n) is 5.76. The zero-order chi connectivity index (χ0) is 13.7. The summed E-state index contributed by atoms with van der Waals surface area (Å²) in [7, 11) is 9.45. The van der Waals surface area contributed by atoms with Gasteiger partial charge in [-0.3, -0.25) is 0 Å². The van der Waals surface area contributed by atoms with Crippen LogP contribution in [0.3, 0.4) is 0 Å². The minimum atomic E-state index is 0. The van der Waals surface area contributed by atoms with Gasteiger partial charge in [0.2, 0.25) is 0 Å². The van der Waals surface area contributed by atoms with Crippen molar-refractivity contribution in [1.29, 1.82) is 0 Å². The van der Waals surface area contributed by atoms with Gasteiger partial charge in [0.25, 0.3) is 0 Å². The van der Waals surface area contributed by atoms with E-state index in [0.717, 1.165) is 16.3 Å². The Hall–Kier alpha value is 1.12. The van der Waals surface area contributed by atoms with Crippen LogP contribution in [0.1, 0.15) is 32.1 Å². The van der Waals surface area contributed by atoms with Crippen LogP contribution in [0.2, 0.25) is 0 Å². The molecule has 4 aliphatic rings. The van der Waals surface area contributed by atoms with E-state index in [1.165, 1.54) is 62.8 Å². The fraction of sp³-hybridized carbons (Fsp3) is 0.882. The van der Waals surface area contributed by atoms with Crippen molar-refractivity contribution < 1.29 is 56.9 Å². The molecule has 0 atom stereocenters. The van der Waals surface area contributed by atoms with E-state index in [2.05, 4.69) is 28.2 Å². The van der Waals surface area contributed by atoms with Gasteiger partial charge in [0.1, 0.15) is 13.1 Å². The molecule has 0 aromatic heterocycles. The van der Waals surface area contributed by atoms with E-state index >= 15 is 0 Å². The Labute approximate surface area is 165 Å². The number of halogens is 2. The standard InChI is InChI=1S/C17H32N2.2HI/c1-18(2,3)10-5-11-19(4)12-16-14-6-7-15(9-8-14)17(16)13-19;;/h14-15H,5-13H2,1-4H3;2*1H/q+2;;/p-2. The summed E-state index contributed by atoms with van der Waals surface area (Å²) >= 11 is 0. The molecule has 1 fully saturated rings. The van der Waals surface area contributed by atoms with Crippen molar-refractivity contribution in [2.45, 2.75) is 32.1 Å². The second-order valence-electron chi connectivity index (χ2n) is 8.63. The Kier molecular flexibility index (Phi) is 7.05. The van der Waals surface area contributed by atoms with Crippen molar-refractivity contribution in [3.63, 3.8) is 0 Å². The Morgan fingerprint density at radius 1 is 0.905 bits per heavy atom. The van der Waals surface area contributed by atoms with Gasteiger partial charge < -0.3 is 56.9 Å². The third-order valence-corrected chi connectivity index (χ3v) is 5.76. The van der Waals surface area contributed by atoms with Crippen LogP contribution in [-0.4, -0.2) is 63.3 Å². The van der Waals surface area contributed by atoms with Crippen molar-refractivity contribution in [3.05, 3.63) is 11.1 Å². The molecule has 0 saturated heterocycles. The molecule has 4 rings (SSSR count). The van der Waals surface area contributed by atoms with E-state index in [0.29, 0.717) is 0 Å².